The van der Waals surface area contributed by atoms with Crippen LogP contribution < -0.4 is 10.6 Å². The van der Waals surface area contributed by atoms with Gasteiger partial charge in [-0.05, 0) is 24.1 Å². The second-order valence-corrected chi connectivity index (χ2v) is 4.94. The molecule has 1 atom stereocenters. The summed E-state index contributed by atoms with van der Waals surface area (Å²) in [5.41, 5.74) is 7.79. The van der Waals surface area contributed by atoms with E-state index in [0.29, 0.717) is 12.5 Å². The van der Waals surface area contributed by atoms with Crippen molar-refractivity contribution >= 4 is 17.3 Å². The van der Waals surface area contributed by atoms with Gasteiger partial charge in [0, 0.05) is 43.4 Å². The Kier molecular flexibility index (Phi) is 4.26. The van der Waals surface area contributed by atoms with Crippen LogP contribution in [0.25, 0.3) is 0 Å². The summed E-state index contributed by atoms with van der Waals surface area (Å²) >= 11 is 6.17. The minimum absolute atomic E-state index is 0.491. The molecule has 2 N–H and O–H groups in total. The third-order valence-corrected chi connectivity index (χ3v) is 3.66. The maximum atomic E-state index is 6.17. The van der Waals surface area contributed by atoms with Crippen LogP contribution in [-0.4, -0.2) is 26.8 Å². The van der Waals surface area contributed by atoms with Gasteiger partial charge in [-0.1, -0.05) is 17.7 Å². The normalized spacial score (nSPS) is 19.9. The van der Waals surface area contributed by atoms with Gasteiger partial charge in [-0.25, -0.2) is 0 Å². The van der Waals surface area contributed by atoms with E-state index in [1.165, 1.54) is 12.1 Å². The van der Waals surface area contributed by atoms with Gasteiger partial charge >= 0.3 is 0 Å². The molecule has 1 saturated heterocycles. The summed E-state index contributed by atoms with van der Waals surface area (Å²) in [6, 6.07) is 6.13. The molecule has 2 rings (SSSR count). The zero-order valence-electron chi connectivity index (χ0n) is 10.2. The summed E-state index contributed by atoms with van der Waals surface area (Å²) in [7, 11) is 1.76. The molecule has 0 amide bonds. The van der Waals surface area contributed by atoms with Crippen molar-refractivity contribution in [3.63, 3.8) is 0 Å². The van der Waals surface area contributed by atoms with Gasteiger partial charge in [0.25, 0.3) is 0 Å². The highest BCUT2D eigenvalue weighted by atomic mass is 35.5. The molecule has 0 aromatic heterocycles. The SMILES string of the molecule is COCC1CCN(c2ccc(CN)c(Cl)c2)C1. The van der Waals surface area contributed by atoms with E-state index in [4.69, 9.17) is 22.1 Å². The summed E-state index contributed by atoms with van der Waals surface area (Å²) < 4.78 is 5.20. The van der Waals surface area contributed by atoms with Crippen LogP contribution in [0.1, 0.15) is 12.0 Å². The largest absolute Gasteiger partial charge is 0.384 e. The molecule has 1 heterocycles. The van der Waals surface area contributed by atoms with E-state index < -0.39 is 0 Å². The Bertz CT molecular complexity index is 384. The lowest BCUT2D eigenvalue weighted by Crippen LogP contribution is -2.21. The average molecular weight is 255 g/mol. The number of halogens is 1. The van der Waals surface area contributed by atoms with Crippen molar-refractivity contribution in [3.05, 3.63) is 28.8 Å². The quantitative estimate of drug-likeness (QED) is 0.896. The average Bonchev–Trinajstić information content (AvgIpc) is 2.78. The van der Waals surface area contributed by atoms with Crippen LogP contribution in [-0.2, 0) is 11.3 Å². The van der Waals surface area contributed by atoms with Crippen LogP contribution in [0.15, 0.2) is 18.2 Å². The first-order chi connectivity index (χ1) is 8.24. The molecular weight excluding hydrogens is 236 g/mol. The van der Waals surface area contributed by atoms with Crippen molar-refractivity contribution in [2.24, 2.45) is 11.7 Å². The van der Waals surface area contributed by atoms with Gasteiger partial charge in [0.15, 0.2) is 0 Å². The number of ether oxygens (including phenoxy) is 1. The molecule has 1 fully saturated rings. The summed E-state index contributed by atoms with van der Waals surface area (Å²) in [4.78, 5) is 2.36. The molecule has 1 aliphatic rings. The van der Waals surface area contributed by atoms with E-state index in [1.807, 2.05) is 12.1 Å². The summed E-state index contributed by atoms with van der Waals surface area (Å²) in [6.45, 7) is 3.45. The molecule has 1 aromatic carbocycles. The van der Waals surface area contributed by atoms with Crippen molar-refractivity contribution < 1.29 is 4.74 Å². The highest BCUT2D eigenvalue weighted by Crippen LogP contribution is 2.28. The van der Waals surface area contributed by atoms with Crippen LogP contribution in [0.3, 0.4) is 0 Å². The predicted molar refractivity (Wildman–Crippen MR) is 71.5 cm³/mol. The second-order valence-electron chi connectivity index (χ2n) is 4.54. The number of rotatable bonds is 4. The molecule has 1 aromatic rings. The van der Waals surface area contributed by atoms with Gasteiger partial charge in [0.05, 0.1) is 6.61 Å². The number of anilines is 1. The molecule has 0 spiro atoms. The molecule has 17 heavy (non-hydrogen) atoms. The minimum Gasteiger partial charge on any atom is -0.384 e. The highest BCUT2D eigenvalue weighted by molar-refractivity contribution is 6.31. The third-order valence-electron chi connectivity index (χ3n) is 3.31. The van der Waals surface area contributed by atoms with Crippen molar-refractivity contribution in [1.82, 2.24) is 0 Å². The smallest absolute Gasteiger partial charge is 0.0508 e. The fourth-order valence-corrected chi connectivity index (χ4v) is 2.59. The molecule has 3 nitrogen and oxygen atoms in total. The fourth-order valence-electron chi connectivity index (χ4n) is 2.34. The monoisotopic (exact) mass is 254 g/mol. The predicted octanol–water partition coefficient (Wildman–Crippen LogP) is 2.27. The third kappa shape index (κ3) is 2.92. The van der Waals surface area contributed by atoms with Crippen LogP contribution in [0, 0.1) is 5.92 Å². The van der Waals surface area contributed by atoms with E-state index >= 15 is 0 Å². The summed E-state index contributed by atoms with van der Waals surface area (Å²) in [6.07, 6.45) is 1.18. The lowest BCUT2D eigenvalue weighted by molar-refractivity contribution is 0.161. The minimum atomic E-state index is 0.491. The van der Waals surface area contributed by atoms with E-state index in [1.54, 1.807) is 7.11 Å². The van der Waals surface area contributed by atoms with Crippen LogP contribution >= 0.6 is 11.6 Å². The van der Waals surface area contributed by atoms with Crippen LogP contribution in [0.2, 0.25) is 5.02 Å². The molecule has 0 saturated carbocycles. The Hall–Kier alpha value is -0.770. The van der Waals surface area contributed by atoms with E-state index in [2.05, 4.69) is 11.0 Å². The Labute approximate surface area is 107 Å². The van der Waals surface area contributed by atoms with Gasteiger partial charge < -0.3 is 15.4 Å². The molecular formula is C13H19ClN2O. The van der Waals surface area contributed by atoms with Crippen molar-refractivity contribution in [2.45, 2.75) is 13.0 Å². The van der Waals surface area contributed by atoms with Gasteiger partial charge in [0.2, 0.25) is 0 Å². The van der Waals surface area contributed by atoms with Crippen molar-refractivity contribution in [1.29, 1.82) is 0 Å². The van der Waals surface area contributed by atoms with E-state index in [-0.39, 0.29) is 0 Å². The first-order valence-corrected chi connectivity index (χ1v) is 6.34. The zero-order chi connectivity index (χ0) is 12.3. The van der Waals surface area contributed by atoms with Gasteiger partial charge in [-0.2, -0.15) is 0 Å². The van der Waals surface area contributed by atoms with Gasteiger partial charge in [0.1, 0.15) is 0 Å². The number of nitrogens with two attached hydrogens (primary N) is 1. The number of hydrogen-bond acceptors (Lipinski definition) is 3. The van der Waals surface area contributed by atoms with Crippen molar-refractivity contribution in [2.75, 3.05) is 31.7 Å². The molecule has 94 valence electrons. The molecule has 0 aliphatic carbocycles. The van der Waals surface area contributed by atoms with Gasteiger partial charge in [-0.3, -0.25) is 0 Å². The number of benzene rings is 1. The topological polar surface area (TPSA) is 38.5 Å². The fraction of sp³-hybridized carbons (Fsp3) is 0.538. The lowest BCUT2D eigenvalue weighted by Gasteiger charge is -2.19. The Morgan fingerprint density at radius 2 is 2.35 bits per heavy atom. The Morgan fingerprint density at radius 1 is 1.53 bits per heavy atom. The van der Waals surface area contributed by atoms with E-state index in [9.17, 15) is 0 Å². The number of nitrogens with zero attached hydrogens (tertiary/aromatic N) is 1. The second kappa shape index (κ2) is 5.71. The van der Waals surface area contributed by atoms with Crippen molar-refractivity contribution in [3.8, 4) is 0 Å². The lowest BCUT2D eigenvalue weighted by atomic mass is 10.1. The molecule has 0 bridgehead atoms. The maximum absolute atomic E-state index is 6.17. The highest BCUT2D eigenvalue weighted by Gasteiger charge is 2.22. The Morgan fingerprint density at radius 3 is 3.00 bits per heavy atom. The standard InChI is InChI=1S/C13H19ClN2O/c1-17-9-10-4-5-16(8-10)12-3-2-11(7-15)13(14)6-12/h2-3,6,10H,4-5,7-9,15H2,1H3. The van der Waals surface area contributed by atoms with Crippen LogP contribution in [0.5, 0.6) is 0 Å². The molecule has 1 unspecified atom stereocenters. The first-order valence-electron chi connectivity index (χ1n) is 5.97. The zero-order valence-corrected chi connectivity index (χ0v) is 10.9. The van der Waals surface area contributed by atoms with Gasteiger partial charge in [-0.15, -0.1) is 0 Å². The number of methoxy groups -OCH3 is 1. The van der Waals surface area contributed by atoms with E-state index in [0.717, 1.165) is 30.3 Å². The molecule has 1 aliphatic heterocycles. The maximum Gasteiger partial charge on any atom is 0.0508 e. The van der Waals surface area contributed by atoms with Crippen LogP contribution in [0.4, 0.5) is 5.69 Å². The molecule has 0 radical (unpaired) electrons. The Balaban J connectivity index is 2.06. The first kappa shape index (κ1) is 12.7. The number of hydrogen-bond donors (Lipinski definition) is 1. The molecule has 4 heteroatoms. The summed E-state index contributed by atoms with van der Waals surface area (Å²) in [5, 5.41) is 0.764. The summed E-state index contributed by atoms with van der Waals surface area (Å²) in [5.74, 6) is 0.632.